The summed E-state index contributed by atoms with van der Waals surface area (Å²) in [6, 6.07) is 3.73. The second kappa shape index (κ2) is 10.6. The van der Waals surface area contributed by atoms with E-state index in [1.54, 1.807) is 0 Å². The number of hydrogen-bond acceptors (Lipinski definition) is 7. The molecule has 0 aromatic heterocycles. The fourth-order valence-electron chi connectivity index (χ4n) is 4.52. The van der Waals surface area contributed by atoms with Gasteiger partial charge in [0.1, 0.15) is 16.2 Å². The summed E-state index contributed by atoms with van der Waals surface area (Å²) in [5.74, 6) is -0.355. The van der Waals surface area contributed by atoms with Gasteiger partial charge in [-0.2, -0.15) is 8.42 Å². The van der Waals surface area contributed by atoms with E-state index in [-0.39, 0.29) is 45.4 Å². The van der Waals surface area contributed by atoms with Gasteiger partial charge in [0, 0.05) is 17.6 Å². The van der Waals surface area contributed by atoms with Crippen LogP contribution >= 0.6 is 0 Å². The number of hydrogen-bond donors (Lipinski definition) is 4. The Kier molecular flexibility index (Phi) is 8.15. The molecule has 1 saturated carbocycles. The second-order valence-corrected chi connectivity index (χ2v) is 12.9. The van der Waals surface area contributed by atoms with Crippen LogP contribution in [0.5, 0.6) is 0 Å². The van der Waals surface area contributed by atoms with Crippen molar-refractivity contribution in [1.82, 2.24) is 5.32 Å². The van der Waals surface area contributed by atoms with E-state index >= 15 is 0 Å². The van der Waals surface area contributed by atoms with E-state index in [9.17, 15) is 26.7 Å². The van der Waals surface area contributed by atoms with Crippen LogP contribution in [-0.2, 0) is 24.8 Å². The Hall–Kier alpha value is -2.60. The van der Waals surface area contributed by atoms with Gasteiger partial charge in [-0.3, -0.25) is 9.52 Å². The molecule has 35 heavy (non-hydrogen) atoms. The van der Waals surface area contributed by atoms with Crippen molar-refractivity contribution in [2.75, 3.05) is 16.3 Å². The molecule has 1 aromatic carbocycles. The maximum absolute atomic E-state index is 12.7. The van der Waals surface area contributed by atoms with Crippen molar-refractivity contribution in [3.63, 3.8) is 0 Å². The average Bonchev–Trinajstić information content (AvgIpc) is 2.73. The maximum Gasteiger partial charge on any atom is 0.286 e. The zero-order valence-corrected chi connectivity index (χ0v) is 22.1. The van der Waals surface area contributed by atoms with Crippen LogP contribution in [0.15, 0.2) is 38.8 Å². The van der Waals surface area contributed by atoms with Crippen molar-refractivity contribution in [2.45, 2.75) is 70.2 Å². The van der Waals surface area contributed by atoms with E-state index in [0.29, 0.717) is 6.42 Å². The van der Waals surface area contributed by atoms with Gasteiger partial charge in [0.25, 0.3) is 15.9 Å². The van der Waals surface area contributed by atoms with E-state index in [1.165, 1.54) is 25.0 Å². The Morgan fingerprint density at radius 1 is 1.23 bits per heavy atom. The van der Waals surface area contributed by atoms with Gasteiger partial charge in [-0.15, -0.1) is 4.40 Å². The molecule has 0 saturated heterocycles. The normalized spacial score (nSPS) is 23.1. The molecule has 1 fully saturated rings. The van der Waals surface area contributed by atoms with Gasteiger partial charge in [-0.05, 0) is 37.0 Å². The molecule has 2 atom stereocenters. The highest BCUT2D eigenvalue weighted by atomic mass is 32.2. The number of carbonyl (C=O) groups is 1. The van der Waals surface area contributed by atoms with E-state index in [4.69, 9.17) is 0 Å². The Balaban J connectivity index is 0.000000509. The zero-order valence-electron chi connectivity index (χ0n) is 20.5. The number of anilines is 2. The van der Waals surface area contributed by atoms with Crippen LogP contribution < -0.4 is 15.4 Å². The van der Waals surface area contributed by atoms with Crippen molar-refractivity contribution in [1.29, 1.82) is 0 Å². The minimum Gasteiger partial charge on any atom is -0.511 e. The Morgan fingerprint density at radius 2 is 1.91 bits per heavy atom. The fourth-order valence-corrected chi connectivity index (χ4v) is 6.23. The second-order valence-electron chi connectivity index (χ2n) is 9.54. The highest BCUT2D eigenvalue weighted by Crippen LogP contribution is 2.36. The van der Waals surface area contributed by atoms with Crippen LogP contribution in [0.4, 0.5) is 11.4 Å². The number of amidine groups is 1. The quantitative estimate of drug-likeness (QED) is 0.458. The summed E-state index contributed by atoms with van der Waals surface area (Å²) in [5, 5.41) is 16.3. The first-order valence-corrected chi connectivity index (χ1v) is 15.1. The lowest BCUT2D eigenvalue weighted by Gasteiger charge is -2.36. The number of sulfonamides is 2. The zero-order chi connectivity index (χ0) is 26.0. The van der Waals surface area contributed by atoms with Gasteiger partial charge in [-0.1, -0.05) is 46.5 Å². The molecular weight excluding hydrogens is 492 g/mol. The lowest BCUT2D eigenvalue weighted by Crippen LogP contribution is -2.50. The lowest BCUT2D eigenvalue weighted by atomic mass is 9.79. The number of benzene rings is 1. The summed E-state index contributed by atoms with van der Waals surface area (Å²) in [6.07, 6.45) is 6.96. The molecular formula is C23H34N4O6S2. The minimum atomic E-state index is -4.23. The Bertz CT molecular complexity index is 1250. The number of aliphatic hydroxyl groups excluding tert-OH is 1. The number of amides is 1. The molecule has 2 heterocycles. The number of nitrogens with one attached hydrogen (secondary N) is 3. The van der Waals surface area contributed by atoms with E-state index in [1.807, 2.05) is 0 Å². The first kappa shape index (κ1) is 27.0. The summed E-state index contributed by atoms with van der Waals surface area (Å²) in [6.45, 7) is 6.73. The summed E-state index contributed by atoms with van der Waals surface area (Å²) in [4.78, 5) is 12.3. The van der Waals surface area contributed by atoms with Gasteiger partial charge in [-0.25, -0.2) is 8.42 Å². The molecule has 4 N–H and O–H groups in total. The molecule has 3 aliphatic rings. The molecule has 2 unspecified atom stereocenters. The number of fused-ring (bicyclic) bond motifs is 2. The molecule has 1 aromatic rings. The van der Waals surface area contributed by atoms with Gasteiger partial charge in [0.15, 0.2) is 5.84 Å². The van der Waals surface area contributed by atoms with Crippen molar-refractivity contribution >= 4 is 43.2 Å². The number of carbonyl (C=O) groups excluding carboxylic acids is 1. The lowest BCUT2D eigenvalue weighted by molar-refractivity contribution is -0.119. The van der Waals surface area contributed by atoms with Gasteiger partial charge >= 0.3 is 0 Å². The standard InChI is InChI=1S/C17H20N4O6S2.C6H14/c1-28(24,25)20-9-6-7-12-13(8-9)29(26,27)21-16(18-12)14-15(22)10-4-2-3-5-11(10)19-17(14)23;1-4-5-6(2)3/h6-8,10-11,20,22H,2-5H2,1H3,(H,18,21)(H,19,23);6H,4-5H2,1-3H3. The van der Waals surface area contributed by atoms with Crippen LogP contribution in [0.1, 0.15) is 59.3 Å². The number of nitrogens with zero attached hydrogens (tertiary/aromatic N) is 1. The van der Waals surface area contributed by atoms with Crippen molar-refractivity contribution in [2.24, 2.45) is 16.2 Å². The average molecular weight is 527 g/mol. The molecule has 0 bridgehead atoms. The molecule has 0 spiro atoms. The summed E-state index contributed by atoms with van der Waals surface area (Å²) in [7, 11) is -7.82. The smallest absolute Gasteiger partial charge is 0.286 e. The van der Waals surface area contributed by atoms with Crippen LogP contribution in [-0.4, -0.2) is 46.0 Å². The number of aliphatic hydroxyl groups is 1. The van der Waals surface area contributed by atoms with Gasteiger partial charge in [0.2, 0.25) is 10.0 Å². The van der Waals surface area contributed by atoms with Crippen LogP contribution in [0.3, 0.4) is 0 Å². The first-order chi connectivity index (χ1) is 16.3. The van der Waals surface area contributed by atoms with Crippen LogP contribution in [0.2, 0.25) is 0 Å². The largest absolute Gasteiger partial charge is 0.511 e. The SMILES string of the molecule is CCCC(C)C.CS(=O)(=O)Nc1ccc2c(c1)S(=O)(=O)N=C(C1=C(O)C3CCCCC3NC1=O)N2. The van der Waals surface area contributed by atoms with E-state index < -0.39 is 26.0 Å². The summed E-state index contributed by atoms with van der Waals surface area (Å²) < 4.78 is 54.1. The predicted molar refractivity (Wildman–Crippen MR) is 136 cm³/mol. The van der Waals surface area contributed by atoms with Gasteiger partial charge in [0.05, 0.1) is 11.9 Å². The topological polar surface area (TPSA) is 154 Å². The molecule has 0 radical (unpaired) electrons. The summed E-state index contributed by atoms with van der Waals surface area (Å²) >= 11 is 0. The molecule has 1 amide bonds. The fraction of sp³-hybridized carbons (Fsp3) is 0.565. The first-order valence-electron chi connectivity index (χ1n) is 11.8. The predicted octanol–water partition coefficient (Wildman–Crippen LogP) is 3.51. The van der Waals surface area contributed by atoms with E-state index in [2.05, 4.69) is 40.5 Å². The molecule has 10 nitrogen and oxygen atoms in total. The third kappa shape index (κ3) is 6.54. The third-order valence-corrected chi connectivity index (χ3v) is 7.97. The van der Waals surface area contributed by atoms with Crippen molar-refractivity contribution in [3.05, 3.63) is 29.5 Å². The van der Waals surface area contributed by atoms with E-state index in [0.717, 1.165) is 37.5 Å². The summed E-state index contributed by atoms with van der Waals surface area (Å²) in [5.41, 5.74) is 0.0198. The van der Waals surface area contributed by atoms with Crippen molar-refractivity contribution < 1.29 is 26.7 Å². The minimum absolute atomic E-state index is 0.0674. The Labute approximate surface area is 207 Å². The van der Waals surface area contributed by atoms with Crippen LogP contribution in [0.25, 0.3) is 0 Å². The maximum atomic E-state index is 12.7. The highest BCUT2D eigenvalue weighted by Gasteiger charge is 2.41. The molecule has 1 aliphatic carbocycles. The van der Waals surface area contributed by atoms with Gasteiger partial charge < -0.3 is 15.7 Å². The third-order valence-electron chi connectivity index (χ3n) is 6.05. The molecule has 12 heteroatoms. The van der Waals surface area contributed by atoms with Crippen LogP contribution in [0, 0.1) is 11.8 Å². The molecule has 2 aliphatic heterocycles. The molecule has 194 valence electrons. The van der Waals surface area contributed by atoms with Crippen molar-refractivity contribution in [3.8, 4) is 0 Å². The number of rotatable bonds is 5. The highest BCUT2D eigenvalue weighted by molar-refractivity contribution is 7.92. The monoisotopic (exact) mass is 526 g/mol. The molecule has 4 rings (SSSR count). The Morgan fingerprint density at radius 3 is 2.51 bits per heavy atom.